The molecule has 0 aliphatic heterocycles. The van der Waals surface area contributed by atoms with Crippen LogP contribution in [0.4, 0.5) is 15.0 Å². The molecule has 1 atom stereocenters. The molecule has 0 bridgehead atoms. The second-order valence-corrected chi connectivity index (χ2v) is 6.35. The van der Waals surface area contributed by atoms with Crippen LogP contribution in [0, 0.1) is 5.82 Å². The number of benzene rings is 1. The summed E-state index contributed by atoms with van der Waals surface area (Å²) in [5.74, 6) is 0.271. The summed E-state index contributed by atoms with van der Waals surface area (Å²) in [6.07, 6.45) is 5.96. The third kappa shape index (κ3) is 4.16. The van der Waals surface area contributed by atoms with Gasteiger partial charge in [-0.25, -0.2) is 14.2 Å². The number of amides is 2. The van der Waals surface area contributed by atoms with Gasteiger partial charge in [-0.05, 0) is 31.0 Å². The number of aryl methyl sites for hydroxylation is 2. The highest BCUT2D eigenvalue weighted by Gasteiger charge is 2.19. The monoisotopic (exact) mass is 370 g/mol. The van der Waals surface area contributed by atoms with Gasteiger partial charge in [0.1, 0.15) is 11.6 Å². The fourth-order valence-electron chi connectivity index (χ4n) is 2.92. The van der Waals surface area contributed by atoms with E-state index in [0.29, 0.717) is 18.8 Å². The van der Waals surface area contributed by atoms with Crippen molar-refractivity contribution in [3.63, 3.8) is 0 Å². The molecule has 0 aliphatic rings. The number of halogens is 1. The van der Waals surface area contributed by atoms with Crippen molar-refractivity contribution in [3.05, 3.63) is 54.5 Å². The van der Waals surface area contributed by atoms with Gasteiger partial charge in [-0.3, -0.25) is 10.00 Å². The molecular formula is C19H23FN6O. The van der Waals surface area contributed by atoms with E-state index >= 15 is 0 Å². The number of nitrogens with one attached hydrogen (secondary N) is 2. The SMILES string of the molecule is CCc1nn(C)c(NC(=O)NC[C@H](C)n2ccnc2)c1-c1ccc(F)cc1. The average Bonchev–Trinajstić information content (AvgIpc) is 3.29. The first-order valence-electron chi connectivity index (χ1n) is 8.83. The van der Waals surface area contributed by atoms with E-state index in [0.717, 1.165) is 16.8 Å². The summed E-state index contributed by atoms with van der Waals surface area (Å²) < 4.78 is 16.8. The topological polar surface area (TPSA) is 76.8 Å². The van der Waals surface area contributed by atoms with Crippen molar-refractivity contribution >= 4 is 11.8 Å². The molecule has 2 N–H and O–H groups in total. The number of rotatable bonds is 6. The van der Waals surface area contributed by atoms with E-state index in [2.05, 4.69) is 20.7 Å². The summed E-state index contributed by atoms with van der Waals surface area (Å²) in [5.41, 5.74) is 2.45. The number of aromatic nitrogens is 4. The molecule has 0 spiro atoms. The molecule has 0 fully saturated rings. The van der Waals surface area contributed by atoms with Gasteiger partial charge < -0.3 is 9.88 Å². The Morgan fingerprint density at radius 2 is 2.04 bits per heavy atom. The molecular weight excluding hydrogens is 347 g/mol. The van der Waals surface area contributed by atoms with E-state index in [4.69, 9.17) is 0 Å². The van der Waals surface area contributed by atoms with E-state index in [9.17, 15) is 9.18 Å². The summed E-state index contributed by atoms with van der Waals surface area (Å²) in [6.45, 7) is 4.43. The minimum Gasteiger partial charge on any atom is -0.336 e. The van der Waals surface area contributed by atoms with E-state index < -0.39 is 0 Å². The zero-order valence-corrected chi connectivity index (χ0v) is 15.6. The molecule has 0 unspecified atom stereocenters. The Balaban J connectivity index is 1.76. The maximum atomic E-state index is 13.3. The van der Waals surface area contributed by atoms with Crippen molar-refractivity contribution in [1.82, 2.24) is 24.6 Å². The van der Waals surface area contributed by atoms with Crippen molar-refractivity contribution in [2.45, 2.75) is 26.3 Å². The molecule has 0 saturated heterocycles. The highest BCUT2D eigenvalue weighted by molar-refractivity contribution is 5.93. The van der Waals surface area contributed by atoms with E-state index in [1.54, 1.807) is 36.4 Å². The number of nitrogens with zero attached hydrogens (tertiary/aromatic N) is 4. The summed E-state index contributed by atoms with van der Waals surface area (Å²) in [4.78, 5) is 16.4. The van der Waals surface area contributed by atoms with Crippen molar-refractivity contribution in [2.75, 3.05) is 11.9 Å². The molecule has 0 aliphatic carbocycles. The number of urea groups is 1. The van der Waals surface area contributed by atoms with E-state index in [-0.39, 0.29) is 17.9 Å². The third-order valence-corrected chi connectivity index (χ3v) is 4.41. The predicted octanol–water partition coefficient (Wildman–Crippen LogP) is 3.37. The van der Waals surface area contributed by atoms with Crippen LogP contribution in [-0.2, 0) is 13.5 Å². The third-order valence-electron chi connectivity index (χ3n) is 4.41. The van der Waals surface area contributed by atoms with Gasteiger partial charge in [0.2, 0.25) is 0 Å². The van der Waals surface area contributed by atoms with Crippen molar-refractivity contribution < 1.29 is 9.18 Å². The molecule has 0 radical (unpaired) electrons. The molecule has 0 saturated carbocycles. The predicted molar refractivity (Wildman–Crippen MR) is 102 cm³/mol. The van der Waals surface area contributed by atoms with Crippen LogP contribution in [0.5, 0.6) is 0 Å². The lowest BCUT2D eigenvalue weighted by Crippen LogP contribution is -2.33. The number of hydrogen-bond acceptors (Lipinski definition) is 3. The smallest absolute Gasteiger partial charge is 0.320 e. The van der Waals surface area contributed by atoms with Crippen molar-refractivity contribution in [1.29, 1.82) is 0 Å². The number of carbonyl (C=O) groups excluding carboxylic acids is 1. The molecule has 1 aromatic carbocycles. The molecule has 2 amide bonds. The van der Waals surface area contributed by atoms with Gasteiger partial charge in [-0.15, -0.1) is 0 Å². The first-order valence-corrected chi connectivity index (χ1v) is 8.83. The fourth-order valence-corrected chi connectivity index (χ4v) is 2.92. The number of imidazole rings is 1. The van der Waals surface area contributed by atoms with Crippen LogP contribution in [-0.4, -0.2) is 31.9 Å². The number of hydrogen-bond donors (Lipinski definition) is 2. The summed E-state index contributed by atoms with van der Waals surface area (Å²) >= 11 is 0. The Hall–Kier alpha value is -3.16. The minimum atomic E-state index is -0.323. The normalized spacial score (nSPS) is 12.0. The molecule has 2 aromatic heterocycles. The lowest BCUT2D eigenvalue weighted by atomic mass is 10.0. The lowest BCUT2D eigenvalue weighted by molar-refractivity contribution is 0.250. The van der Waals surface area contributed by atoms with Crippen LogP contribution < -0.4 is 10.6 Å². The highest BCUT2D eigenvalue weighted by Crippen LogP contribution is 2.31. The Bertz CT molecular complexity index is 901. The van der Waals surface area contributed by atoms with Crippen LogP contribution in [0.2, 0.25) is 0 Å². The first-order chi connectivity index (χ1) is 13.0. The second kappa shape index (κ2) is 8.03. The quantitative estimate of drug-likeness (QED) is 0.698. The number of anilines is 1. The largest absolute Gasteiger partial charge is 0.336 e. The van der Waals surface area contributed by atoms with Crippen LogP contribution in [0.25, 0.3) is 11.1 Å². The number of carbonyl (C=O) groups is 1. The van der Waals surface area contributed by atoms with Gasteiger partial charge >= 0.3 is 6.03 Å². The molecule has 8 heteroatoms. The summed E-state index contributed by atoms with van der Waals surface area (Å²) in [6, 6.07) is 5.94. The minimum absolute atomic E-state index is 0.0764. The van der Waals surface area contributed by atoms with E-state index in [1.165, 1.54) is 12.1 Å². The standard InChI is InChI=1S/C19H23FN6O/c1-4-16-17(14-5-7-15(20)8-6-14)18(25(3)24-16)23-19(27)22-11-13(2)26-10-9-21-12-26/h5-10,12-13H,4,11H2,1-3H3,(H2,22,23,27)/t13-/m0/s1. The Morgan fingerprint density at radius 1 is 1.30 bits per heavy atom. The van der Waals surface area contributed by atoms with Gasteiger partial charge in [0.05, 0.1) is 12.0 Å². The highest BCUT2D eigenvalue weighted by atomic mass is 19.1. The molecule has 2 heterocycles. The Labute approximate surface area is 157 Å². The maximum Gasteiger partial charge on any atom is 0.320 e. The Morgan fingerprint density at radius 3 is 2.67 bits per heavy atom. The van der Waals surface area contributed by atoms with Crippen LogP contribution in [0.15, 0.2) is 43.0 Å². The fraction of sp³-hybridized carbons (Fsp3) is 0.316. The van der Waals surface area contributed by atoms with Gasteiger partial charge in [0.25, 0.3) is 0 Å². The summed E-state index contributed by atoms with van der Waals surface area (Å²) in [7, 11) is 1.77. The second-order valence-electron chi connectivity index (χ2n) is 6.35. The van der Waals surface area contributed by atoms with Gasteiger partial charge in [-0.1, -0.05) is 19.1 Å². The van der Waals surface area contributed by atoms with Crippen LogP contribution in [0.1, 0.15) is 25.6 Å². The summed E-state index contributed by atoms with van der Waals surface area (Å²) in [5, 5.41) is 10.2. The van der Waals surface area contributed by atoms with Gasteiger partial charge in [-0.2, -0.15) is 5.10 Å². The molecule has 142 valence electrons. The van der Waals surface area contributed by atoms with Crippen molar-refractivity contribution in [2.24, 2.45) is 7.05 Å². The van der Waals surface area contributed by atoms with Gasteiger partial charge in [0, 0.05) is 37.6 Å². The van der Waals surface area contributed by atoms with Gasteiger partial charge in [0.15, 0.2) is 0 Å². The zero-order valence-electron chi connectivity index (χ0n) is 15.6. The maximum absolute atomic E-state index is 13.3. The first kappa shape index (κ1) is 18.6. The molecule has 27 heavy (non-hydrogen) atoms. The molecule has 3 aromatic rings. The van der Waals surface area contributed by atoms with Crippen LogP contribution >= 0.6 is 0 Å². The molecule has 3 rings (SSSR count). The van der Waals surface area contributed by atoms with E-state index in [1.807, 2.05) is 24.6 Å². The lowest BCUT2D eigenvalue weighted by Gasteiger charge is -2.15. The Kier molecular flexibility index (Phi) is 5.54. The van der Waals surface area contributed by atoms with Crippen LogP contribution in [0.3, 0.4) is 0 Å². The molecule has 7 nitrogen and oxygen atoms in total. The van der Waals surface area contributed by atoms with Crippen molar-refractivity contribution in [3.8, 4) is 11.1 Å². The zero-order chi connectivity index (χ0) is 19.4. The average molecular weight is 370 g/mol.